The van der Waals surface area contributed by atoms with Crippen LogP contribution in [0.25, 0.3) is 0 Å². The minimum atomic E-state index is -0.545. The van der Waals surface area contributed by atoms with Crippen molar-refractivity contribution < 1.29 is 13.5 Å². The van der Waals surface area contributed by atoms with Crippen LogP contribution in [-0.2, 0) is 6.61 Å². The lowest BCUT2D eigenvalue weighted by atomic mass is 10.1. The van der Waals surface area contributed by atoms with Gasteiger partial charge in [0.05, 0.1) is 0 Å². The van der Waals surface area contributed by atoms with E-state index in [4.69, 9.17) is 10.5 Å². The van der Waals surface area contributed by atoms with Gasteiger partial charge in [-0.25, -0.2) is 8.78 Å². The van der Waals surface area contributed by atoms with Crippen LogP contribution >= 0.6 is 0 Å². The minimum absolute atomic E-state index is 0.00759. The molecule has 2 aromatic carbocycles. The zero-order chi connectivity index (χ0) is 14.1. The molecule has 0 bridgehead atoms. The van der Waals surface area contributed by atoms with Crippen molar-refractivity contribution in [2.75, 3.05) is 0 Å². The van der Waals surface area contributed by atoms with Crippen molar-refractivity contribution in [2.45, 2.75) is 25.0 Å². The highest BCUT2D eigenvalue weighted by atomic mass is 19.1. The summed E-state index contributed by atoms with van der Waals surface area (Å²) >= 11 is 0. The van der Waals surface area contributed by atoms with E-state index in [9.17, 15) is 8.78 Å². The van der Waals surface area contributed by atoms with Crippen LogP contribution in [0.1, 0.15) is 23.5 Å². The number of halogens is 2. The van der Waals surface area contributed by atoms with E-state index >= 15 is 0 Å². The smallest absolute Gasteiger partial charge is 0.165 e. The molecule has 1 fully saturated rings. The SMILES string of the molecule is N[C@@H]1C[C@@H]1c1c(F)ccc(F)c1OCc1ccccc1. The Morgan fingerprint density at radius 2 is 1.70 bits per heavy atom. The molecule has 1 aliphatic rings. The maximum atomic E-state index is 13.9. The Morgan fingerprint density at radius 3 is 2.35 bits per heavy atom. The van der Waals surface area contributed by atoms with Gasteiger partial charge in [0.25, 0.3) is 0 Å². The number of rotatable bonds is 4. The molecule has 104 valence electrons. The summed E-state index contributed by atoms with van der Waals surface area (Å²) in [4.78, 5) is 0. The van der Waals surface area contributed by atoms with Gasteiger partial charge in [-0.15, -0.1) is 0 Å². The van der Waals surface area contributed by atoms with E-state index < -0.39 is 11.6 Å². The van der Waals surface area contributed by atoms with Crippen LogP contribution in [0.15, 0.2) is 42.5 Å². The highest BCUT2D eigenvalue weighted by Crippen LogP contribution is 2.45. The second-order valence-electron chi connectivity index (χ2n) is 5.05. The molecule has 0 aromatic heterocycles. The molecule has 0 amide bonds. The number of hydrogen-bond acceptors (Lipinski definition) is 2. The third-order valence-corrected chi connectivity index (χ3v) is 3.53. The summed E-state index contributed by atoms with van der Waals surface area (Å²) in [5, 5.41) is 0. The van der Waals surface area contributed by atoms with Crippen LogP contribution < -0.4 is 10.5 Å². The molecule has 0 aliphatic heterocycles. The molecule has 0 unspecified atom stereocenters. The van der Waals surface area contributed by atoms with E-state index in [0.29, 0.717) is 6.42 Å². The minimum Gasteiger partial charge on any atom is -0.485 e. The number of hydrogen-bond donors (Lipinski definition) is 1. The van der Waals surface area contributed by atoms with Gasteiger partial charge >= 0.3 is 0 Å². The summed E-state index contributed by atoms with van der Waals surface area (Å²) in [5.41, 5.74) is 6.93. The fourth-order valence-corrected chi connectivity index (χ4v) is 2.32. The van der Waals surface area contributed by atoms with Gasteiger partial charge in [-0.05, 0) is 24.1 Å². The zero-order valence-electron chi connectivity index (χ0n) is 10.9. The van der Waals surface area contributed by atoms with Crippen molar-refractivity contribution in [3.8, 4) is 5.75 Å². The van der Waals surface area contributed by atoms with Crippen molar-refractivity contribution in [3.63, 3.8) is 0 Å². The molecular formula is C16H15F2NO. The largest absolute Gasteiger partial charge is 0.485 e. The predicted octanol–water partition coefficient (Wildman–Crippen LogP) is 3.36. The Labute approximate surface area is 116 Å². The monoisotopic (exact) mass is 275 g/mol. The molecule has 1 aliphatic carbocycles. The van der Waals surface area contributed by atoms with E-state index in [-0.39, 0.29) is 29.9 Å². The molecule has 2 aromatic rings. The Hall–Kier alpha value is -1.94. The van der Waals surface area contributed by atoms with Crippen LogP contribution in [0.5, 0.6) is 5.75 Å². The van der Waals surface area contributed by atoms with Gasteiger partial charge in [-0.3, -0.25) is 0 Å². The van der Waals surface area contributed by atoms with Crippen molar-refractivity contribution in [1.29, 1.82) is 0 Å². The zero-order valence-corrected chi connectivity index (χ0v) is 10.9. The normalized spacial score (nSPS) is 20.8. The average molecular weight is 275 g/mol. The summed E-state index contributed by atoms with van der Waals surface area (Å²) in [6, 6.07) is 11.5. The lowest BCUT2D eigenvalue weighted by Crippen LogP contribution is -2.07. The van der Waals surface area contributed by atoms with Gasteiger partial charge in [0, 0.05) is 17.5 Å². The number of benzene rings is 2. The average Bonchev–Trinajstić information content (AvgIpc) is 3.17. The Bertz CT molecular complexity index is 615. The van der Waals surface area contributed by atoms with E-state index in [1.807, 2.05) is 30.3 Å². The lowest BCUT2D eigenvalue weighted by Gasteiger charge is -2.13. The summed E-state index contributed by atoms with van der Waals surface area (Å²) < 4.78 is 33.3. The van der Waals surface area contributed by atoms with Gasteiger partial charge < -0.3 is 10.5 Å². The second kappa shape index (κ2) is 5.21. The fraction of sp³-hybridized carbons (Fsp3) is 0.250. The van der Waals surface area contributed by atoms with E-state index in [0.717, 1.165) is 17.7 Å². The molecule has 0 heterocycles. The molecule has 2 atom stereocenters. The summed E-state index contributed by atoms with van der Waals surface area (Å²) in [7, 11) is 0. The first kappa shape index (κ1) is 13.1. The number of nitrogens with two attached hydrogens (primary N) is 1. The van der Waals surface area contributed by atoms with Gasteiger partial charge in [0.2, 0.25) is 0 Å². The standard InChI is InChI=1S/C16H15F2NO/c17-12-6-7-13(18)16(15(12)11-8-14(11)19)20-9-10-4-2-1-3-5-10/h1-7,11,14H,8-9,19H2/t11-,14+/m0/s1. The Morgan fingerprint density at radius 1 is 1.05 bits per heavy atom. The Kier molecular flexibility index (Phi) is 3.40. The summed E-state index contributed by atoms with van der Waals surface area (Å²) in [6.45, 7) is 0.205. The van der Waals surface area contributed by atoms with Crippen molar-refractivity contribution in [1.82, 2.24) is 0 Å². The topological polar surface area (TPSA) is 35.2 Å². The highest BCUT2D eigenvalue weighted by Gasteiger charge is 2.40. The van der Waals surface area contributed by atoms with Crippen LogP contribution in [0.3, 0.4) is 0 Å². The highest BCUT2D eigenvalue weighted by molar-refractivity contribution is 5.43. The van der Waals surface area contributed by atoms with Crippen LogP contribution in [0, 0.1) is 11.6 Å². The fourth-order valence-electron chi connectivity index (χ4n) is 2.32. The van der Waals surface area contributed by atoms with Gasteiger partial charge in [0.1, 0.15) is 12.4 Å². The molecule has 2 N–H and O–H groups in total. The predicted molar refractivity (Wildman–Crippen MR) is 72.5 cm³/mol. The quantitative estimate of drug-likeness (QED) is 0.928. The first-order valence-corrected chi connectivity index (χ1v) is 6.57. The van der Waals surface area contributed by atoms with Gasteiger partial charge in [0.15, 0.2) is 11.6 Å². The van der Waals surface area contributed by atoms with Crippen molar-refractivity contribution in [3.05, 3.63) is 65.2 Å². The summed E-state index contributed by atoms with van der Waals surface area (Å²) in [5.74, 6) is -1.15. The van der Waals surface area contributed by atoms with Gasteiger partial charge in [-0.2, -0.15) is 0 Å². The van der Waals surface area contributed by atoms with Crippen LogP contribution in [0.4, 0.5) is 8.78 Å². The number of ether oxygens (including phenoxy) is 1. The van der Waals surface area contributed by atoms with E-state index in [2.05, 4.69) is 0 Å². The molecule has 20 heavy (non-hydrogen) atoms. The first-order valence-electron chi connectivity index (χ1n) is 6.57. The van der Waals surface area contributed by atoms with Crippen LogP contribution in [0.2, 0.25) is 0 Å². The molecule has 4 heteroatoms. The summed E-state index contributed by atoms with van der Waals surface area (Å²) in [6.07, 6.45) is 0.669. The first-order chi connectivity index (χ1) is 9.66. The molecule has 3 rings (SSSR count). The maximum absolute atomic E-state index is 13.9. The third kappa shape index (κ3) is 2.51. The maximum Gasteiger partial charge on any atom is 0.165 e. The molecule has 0 radical (unpaired) electrons. The lowest BCUT2D eigenvalue weighted by molar-refractivity contribution is 0.284. The van der Waals surface area contributed by atoms with Gasteiger partial charge in [-0.1, -0.05) is 30.3 Å². The van der Waals surface area contributed by atoms with Crippen molar-refractivity contribution >= 4 is 0 Å². The molecule has 1 saturated carbocycles. The van der Waals surface area contributed by atoms with Crippen molar-refractivity contribution in [2.24, 2.45) is 5.73 Å². The second-order valence-corrected chi connectivity index (χ2v) is 5.05. The van der Waals surface area contributed by atoms with E-state index in [1.54, 1.807) is 0 Å². The molecule has 0 saturated heterocycles. The van der Waals surface area contributed by atoms with Crippen LogP contribution in [-0.4, -0.2) is 6.04 Å². The Balaban J connectivity index is 1.86. The molecule has 0 spiro atoms. The molecular weight excluding hydrogens is 260 g/mol. The molecule has 2 nitrogen and oxygen atoms in total. The van der Waals surface area contributed by atoms with E-state index in [1.165, 1.54) is 0 Å². The third-order valence-electron chi connectivity index (χ3n) is 3.53.